The van der Waals surface area contributed by atoms with Gasteiger partial charge in [-0.25, -0.2) is 9.18 Å². The normalized spacial score (nSPS) is 9.19. The summed E-state index contributed by atoms with van der Waals surface area (Å²) in [6, 6.07) is 11.9. The van der Waals surface area contributed by atoms with Crippen molar-refractivity contribution in [1.29, 1.82) is 5.26 Å². The number of esters is 1. The summed E-state index contributed by atoms with van der Waals surface area (Å²) in [5, 5.41) is 8.63. The number of halogens is 1. The highest BCUT2D eigenvalue weighted by molar-refractivity contribution is 5.91. The van der Waals surface area contributed by atoms with Crippen molar-refractivity contribution in [1.82, 2.24) is 0 Å². The minimum absolute atomic E-state index is 0.0499. The maximum Gasteiger partial charge on any atom is 0.343 e. The lowest BCUT2D eigenvalue weighted by Crippen LogP contribution is -2.08. The van der Waals surface area contributed by atoms with E-state index in [0.29, 0.717) is 5.56 Å². The maximum absolute atomic E-state index is 13.4. The van der Waals surface area contributed by atoms with Crippen LogP contribution in [-0.4, -0.2) is 5.97 Å². The Bertz CT molecular complexity index is 777. The fourth-order valence-corrected chi connectivity index (χ4v) is 1.65. The molecule has 2 aromatic carbocycles. The van der Waals surface area contributed by atoms with Crippen LogP contribution in [0.1, 0.15) is 28.4 Å². The van der Waals surface area contributed by atoms with E-state index in [1.807, 2.05) is 0 Å². The third kappa shape index (κ3) is 3.46. The van der Waals surface area contributed by atoms with Crippen LogP contribution in [-0.2, 0) is 0 Å². The molecule has 2 rings (SSSR count). The Morgan fingerprint density at radius 2 is 1.90 bits per heavy atom. The van der Waals surface area contributed by atoms with Gasteiger partial charge < -0.3 is 4.74 Å². The zero-order valence-electron chi connectivity index (χ0n) is 11.2. The zero-order valence-corrected chi connectivity index (χ0v) is 11.2. The molecule has 0 N–H and O–H groups in total. The van der Waals surface area contributed by atoms with Crippen molar-refractivity contribution in [2.75, 3.05) is 0 Å². The Hall–Kier alpha value is -3.11. The lowest BCUT2D eigenvalue weighted by molar-refractivity contribution is 0.0734. The third-order valence-corrected chi connectivity index (χ3v) is 2.66. The molecule has 0 saturated carbocycles. The maximum atomic E-state index is 13.4. The molecular formula is C17H10FNO2. The van der Waals surface area contributed by atoms with Gasteiger partial charge in [0.15, 0.2) is 0 Å². The molecule has 102 valence electrons. The van der Waals surface area contributed by atoms with Crippen molar-refractivity contribution in [3.63, 3.8) is 0 Å². The van der Waals surface area contributed by atoms with Crippen LogP contribution in [0, 0.1) is 29.0 Å². The Labute approximate surface area is 121 Å². The number of nitrogens with zero attached hydrogens (tertiary/aromatic N) is 1. The van der Waals surface area contributed by atoms with Crippen LogP contribution in [0.15, 0.2) is 42.5 Å². The number of rotatable bonds is 2. The molecule has 0 bridgehead atoms. The minimum atomic E-state index is -0.726. The number of carbonyl (C=O) groups excluding carboxylic acids is 1. The summed E-state index contributed by atoms with van der Waals surface area (Å²) < 4.78 is 18.5. The number of hydrogen-bond acceptors (Lipinski definition) is 3. The molecule has 0 aliphatic heterocycles. The number of nitriles is 1. The van der Waals surface area contributed by atoms with E-state index >= 15 is 0 Å². The summed E-state index contributed by atoms with van der Waals surface area (Å²) in [4.78, 5) is 11.9. The van der Waals surface area contributed by atoms with E-state index in [0.717, 1.165) is 11.6 Å². The molecule has 0 aliphatic rings. The summed E-state index contributed by atoms with van der Waals surface area (Å²) in [5.41, 5.74) is 1.03. The van der Waals surface area contributed by atoms with Gasteiger partial charge in [0.2, 0.25) is 0 Å². The number of carbonyl (C=O) groups is 1. The zero-order chi connectivity index (χ0) is 15.2. The predicted molar refractivity (Wildman–Crippen MR) is 75.1 cm³/mol. The van der Waals surface area contributed by atoms with Crippen LogP contribution in [0.25, 0.3) is 0 Å². The van der Waals surface area contributed by atoms with Crippen molar-refractivity contribution in [2.45, 2.75) is 6.92 Å². The van der Waals surface area contributed by atoms with Gasteiger partial charge in [0.25, 0.3) is 0 Å². The first-order valence-corrected chi connectivity index (χ1v) is 6.08. The lowest BCUT2D eigenvalue weighted by atomic mass is 10.1. The van der Waals surface area contributed by atoms with Crippen LogP contribution in [0.3, 0.4) is 0 Å². The number of benzene rings is 2. The molecule has 0 aliphatic carbocycles. The highest BCUT2D eigenvalue weighted by Gasteiger charge is 2.10. The molecular weight excluding hydrogens is 269 g/mol. The fourth-order valence-electron chi connectivity index (χ4n) is 1.65. The Balaban J connectivity index is 2.15. The summed E-state index contributed by atoms with van der Waals surface area (Å²) in [6.07, 6.45) is 0. The SMILES string of the molecule is CC#Cc1ccc(C(=O)Oc2ccc(C#N)c(F)c2)cc1. The first kappa shape index (κ1) is 14.3. The summed E-state index contributed by atoms with van der Waals surface area (Å²) >= 11 is 0. The molecule has 3 nitrogen and oxygen atoms in total. The van der Waals surface area contributed by atoms with Crippen LogP contribution < -0.4 is 4.74 Å². The second kappa shape index (κ2) is 6.36. The number of ether oxygens (including phenoxy) is 1. The molecule has 0 fully saturated rings. The van der Waals surface area contributed by atoms with Crippen molar-refractivity contribution >= 4 is 5.97 Å². The monoisotopic (exact) mass is 279 g/mol. The van der Waals surface area contributed by atoms with Crippen LogP contribution in [0.5, 0.6) is 5.75 Å². The molecule has 0 unspecified atom stereocenters. The molecule has 0 heterocycles. The van der Waals surface area contributed by atoms with Gasteiger partial charge in [-0.2, -0.15) is 5.26 Å². The average Bonchev–Trinajstić information content (AvgIpc) is 2.48. The van der Waals surface area contributed by atoms with Crippen LogP contribution >= 0.6 is 0 Å². The van der Waals surface area contributed by atoms with Gasteiger partial charge in [0.1, 0.15) is 17.6 Å². The smallest absolute Gasteiger partial charge is 0.343 e. The molecule has 21 heavy (non-hydrogen) atoms. The summed E-state index contributed by atoms with van der Waals surface area (Å²) in [5.74, 6) is 4.34. The van der Waals surface area contributed by atoms with Gasteiger partial charge in [0.05, 0.1) is 11.1 Å². The van der Waals surface area contributed by atoms with Crippen LogP contribution in [0.2, 0.25) is 0 Å². The first-order valence-electron chi connectivity index (χ1n) is 6.08. The van der Waals surface area contributed by atoms with Gasteiger partial charge in [-0.05, 0) is 43.3 Å². The minimum Gasteiger partial charge on any atom is -0.423 e. The Kier molecular flexibility index (Phi) is 4.33. The first-order chi connectivity index (χ1) is 10.1. The van der Waals surface area contributed by atoms with Gasteiger partial charge in [-0.3, -0.25) is 0 Å². The van der Waals surface area contributed by atoms with Gasteiger partial charge in [-0.1, -0.05) is 5.92 Å². The molecule has 0 aromatic heterocycles. The topological polar surface area (TPSA) is 50.1 Å². The third-order valence-electron chi connectivity index (χ3n) is 2.66. The standard InChI is InChI=1S/C17H10FNO2/c1-2-3-12-4-6-13(7-5-12)17(20)21-15-9-8-14(11-19)16(18)10-15/h4-10H,1H3. The molecule has 2 aromatic rings. The second-order valence-corrected chi connectivity index (χ2v) is 4.10. The van der Waals surface area contributed by atoms with E-state index in [1.54, 1.807) is 37.3 Å². The second-order valence-electron chi connectivity index (χ2n) is 4.10. The van der Waals surface area contributed by atoms with E-state index in [-0.39, 0.29) is 11.3 Å². The highest BCUT2D eigenvalue weighted by atomic mass is 19.1. The van der Waals surface area contributed by atoms with E-state index in [4.69, 9.17) is 10.00 Å². The largest absolute Gasteiger partial charge is 0.423 e. The highest BCUT2D eigenvalue weighted by Crippen LogP contribution is 2.17. The number of hydrogen-bond donors (Lipinski definition) is 0. The predicted octanol–water partition coefficient (Wildman–Crippen LogP) is 3.29. The molecule has 0 atom stereocenters. The van der Waals surface area contributed by atoms with Crippen LogP contribution in [0.4, 0.5) is 4.39 Å². The van der Waals surface area contributed by atoms with Gasteiger partial charge >= 0.3 is 5.97 Å². The van der Waals surface area contributed by atoms with E-state index < -0.39 is 11.8 Å². The van der Waals surface area contributed by atoms with E-state index in [2.05, 4.69) is 11.8 Å². The summed E-state index contributed by atoms with van der Waals surface area (Å²) in [7, 11) is 0. The van der Waals surface area contributed by atoms with E-state index in [9.17, 15) is 9.18 Å². The van der Waals surface area contributed by atoms with Crippen molar-refractivity contribution in [3.8, 4) is 23.7 Å². The fraction of sp³-hybridized carbons (Fsp3) is 0.0588. The molecule has 0 radical (unpaired) electrons. The van der Waals surface area contributed by atoms with Crippen molar-refractivity contribution in [2.24, 2.45) is 0 Å². The average molecular weight is 279 g/mol. The molecule has 0 amide bonds. The Morgan fingerprint density at radius 3 is 2.48 bits per heavy atom. The van der Waals surface area contributed by atoms with E-state index in [1.165, 1.54) is 12.1 Å². The Morgan fingerprint density at radius 1 is 1.19 bits per heavy atom. The quantitative estimate of drug-likeness (QED) is 0.481. The molecule has 4 heteroatoms. The van der Waals surface area contributed by atoms with Gasteiger partial charge in [-0.15, -0.1) is 5.92 Å². The lowest BCUT2D eigenvalue weighted by Gasteiger charge is -2.05. The van der Waals surface area contributed by atoms with Crippen molar-refractivity contribution in [3.05, 3.63) is 65.0 Å². The van der Waals surface area contributed by atoms with Crippen molar-refractivity contribution < 1.29 is 13.9 Å². The molecule has 0 saturated heterocycles. The van der Waals surface area contributed by atoms with Gasteiger partial charge in [0, 0.05) is 11.6 Å². The molecule has 0 spiro atoms. The summed E-state index contributed by atoms with van der Waals surface area (Å²) in [6.45, 7) is 1.72.